The maximum atomic E-state index is 11.3. The first-order chi connectivity index (χ1) is 8.62. The van der Waals surface area contributed by atoms with E-state index in [9.17, 15) is 14.9 Å². The number of benzene rings is 1. The summed E-state index contributed by atoms with van der Waals surface area (Å²) >= 11 is 0. The van der Waals surface area contributed by atoms with Crippen LogP contribution in [0.5, 0.6) is 0 Å². The molecule has 0 saturated heterocycles. The number of carbonyl (C=O) groups excluding carboxylic acids is 1. The molecule has 0 aliphatic heterocycles. The van der Waals surface area contributed by atoms with Crippen molar-refractivity contribution in [2.24, 2.45) is 5.41 Å². The van der Waals surface area contributed by atoms with Crippen LogP contribution in [0.3, 0.4) is 0 Å². The van der Waals surface area contributed by atoms with Crippen molar-refractivity contribution in [1.29, 1.82) is 0 Å². The van der Waals surface area contributed by atoms with Crippen molar-refractivity contribution in [3.8, 4) is 0 Å². The second-order valence-corrected chi connectivity index (χ2v) is 5.78. The van der Waals surface area contributed by atoms with Gasteiger partial charge < -0.3 is 5.32 Å². The summed E-state index contributed by atoms with van der Waals surface area (Å²) in [7, 11) is 0. The lowest BCUT2D eigenvalue weighted by Crippen LogP contribution is -2.31. The lowest BCUT2D eigenvalue weighted by molar-refractivity contribution is -0.384. The molecule has 0 aromatic heterocycles. The van der Waals surface area contributed by atoms with E-state index in [2.05, 4.69) is 26.1 Å². The Bertz CT molecular complexity index is 504. The highest BCUT2D eigenvalue weighted by Gasteiger charge is 2.23. The van der Waals surface area contributed by atoms with E-state index in [0.29, 0.717) is 11.3 Å². The molecule has 0 spiro atoms. The third-order valence-corrected chi connectivity index (χ3v) is 3.27. The Hall–Kier alpha value is -1.91. The number of nitrogens with one attached hydrogen (secondary N) is 1. The van der Waals surface area contributed by atoms with Gasteiger partial charge in [0.05, 0.1) is 4.92 Å². The topological polar surface area (TPSA) is 72.2 Å². The van der Waals surface area contributed by atoms with Gasteiger partial charge in [-0.3, -0.25) is 14.9 Å². The number of nitrogens with zero attached hydrogens (tertiary/aromatic N) is 1. The van der Waals surface area contributed by atoms with Gasteiger partial charge in [0.1, 0.15) is 5.69 Å². The van der Waals surface area contributed by atoms with Crippen molar-refractivity contribution >= 4 is 17.2 Å². The fraction of sp³-hybridized carbons (Fsp3) is 0.500. The van der Waals surface area contributed by atoms with Crippen molar-refractivity contribution in [3.63, 3.8) is 0 Å². The van der Waals surface area contributed by atoms with Crippen LogP contribution in [0.1, 0.15) is 45.0 Å². The standard InChI is InChI=1S/C14H20N2O3/c1-9(17)11-6-7-12(13(8-11)16(18)19)15-10(2)14(3,4)5/h6-8,10,15H,1-5H3. The lowest BCUT2D eigenvalue weighted by atomic mass is 9.88. The summed E-state index contributed by atoms with van der Waals surface area (Å²) in [5, 5.41) is 14.2. The molecular formula is C14H20N2O3. The molecule has 0 aliphatic rings. The number of nitro groups is 1. The highest BCUT2D eigenvalue weighted by Crippen LogP contribution is 2.30. The third kappa shape index (κ3) is 3.77. The zero-order valence-electron chi connectivity index (χ0n) is 12.0. The first-order valence-corrected chi connectivity index (χ1v) is 6.19. The molecule has 1 N–H and O–H groups in total. The quantitative estimate of drug-likeness (QED) is 0.512. The van der Waals surface area contributed by atoms with E-state index in [-0.39, 0.29) is 22.9 Å². The molecule has 104 valence electrons. The number of anilines is 1. The summed E-state index contributed by atoms with van der Waals surface area (Å²) in [6.07, 6.45) is 0. The van der Waals surface area contributed by atoms with Crippen LogP contribution in [0.4, 0.5) is 11.4 Å². The average Bonchev–Trinajstić information content (AvgIpc) is 2.27. The van der Waals surface area contributed by atoms with Crippen LogP contribution in [-0.4, -0.2) is 16.7 Å². The van der Waals surface area contributed by atoms with Crippen molar-refractivity contribution in [3.05, 3.63) is 33.9 Å². The normalized spacial score (nSPS) is 12.9. The molecule has 5 heteroatoms. The Morgan fingerprint density at radius 1 is 1.37 bits per heavy atom. The molecule has 1 aromatic rings. The van der Waals surface area contributed by atoms with Gasteiger partial charge in [-0.15, -0.1) is 0 Å². The van der Waals surface area contributed by atoms with Gasteiger partial charge in [-0.1, -0.05) is 20.8 Å². The molecule has 5 nitrogen and oxygen atoms in total. The van der Waals surface area contributed by atoms with E-state index in [4.69, 9.17) is 0 Å². The van der Waals surface area contributed by atoms with Gasteiger partial charge in [0.25, 0.3) is 5.69 Å². The minimum absolute atomic E-state index is 0.0207. The Morgan fingerprint density at radius 3 is 2.37 bits per heavy atom. The average molecular weight is 264 g/mol. The smallest absolute Gasteiger partial charge is 0.293 e. The summed E-state index contributed by atoms with van der Waals surface area (Å²) in [5.74, 6) is -0.182. The van der Waals surface area contributed by atoms with Crippen LogP contribution in [0.25, 0.3) is 0 Å². The minimum atomic E-state index is -0.468. The molecule has 1 aromatic carbocycles. The SMILES string of the molecule is CC(=O)c1ccc(NC(C)C(C)(C)C)c([N+](=O)[O-])c1. The van der Waals surface area contributed by atoms with Crippen molar-refractivity contribution < 1.29 is 9.72 Å². The predicted octanol–water partition coefficient (Wildman–Crippen LogP) is 3.64. The molecule has 1 rings (SSSR count). The predicted molar refractivity (Wildman–Crippen MR) is 75.6 cm³/mol. The number of Topliss-reactive ketones (excluding diaryl/α,β-unsaturated/α-hetero) is 1. The van der Waals surface area contributed by atoms with Crippen LogP contribution in [-0.2, 0) is 0 Å². The van der Waals surface area contributed by atoms with Gasteiger partial charge in [-0.25, -0.2) is 0 Å². The zero-order valence-corrected chi connectivity index (χ0v) is 12.0. The van der Waals surface area contributed by atoms with E-state index < -0.39 is 4.92 Å². The second-order valence-electron chi connectivity index (χ2n) is 5.78. The molecule has 19 heavy (non-hydrogen) atoms. The van der Waals surface area contributed by atoms with E-state index in [1.807, 2.05) is 6.92 Å². The van der Waals surface area contributed by atoms with Crippen LogP contribution in [0.15, 0.2) is 18.2 Å². The number of ketones is 1. The van der Waals surface area contributed by atoms with E-state index in [1.54, 1.807) is 12.1 Å². The van der Waals surface area contributed by atoms with Crippen LogP contribution in [0.2, 0.25) is 0 Å². The Kier molecular flexibility index (Phi) is 4.29. The van der Waals surface area contributed by atoms with Gasteiger partial charge in [0.15, 0.2) is 5.78 Å². The van der Waals surface area contributed by atoms with Gasteiger partial charge in [0, 0.05) is 17.7 Å². The fourth-order valence-electron chi connectivity index (χ4n) is 1.47. The summed E-state index contributed by atoms with van der Waals surface area (Å²) < 4.78 is 0. The largest absolute Gasteiger partial charge is 0.377 e. The second kappa shape index (κ2) is 5.38. The molecule has 0 aliphatic carbocycles. The first kappa shape index (κ1) is 15.1. The molecule has 0 bridgehead atoms. The van der Waals surface area contributed by atoms with Crippen molar-refractivity contribution in [1.82, 2.24) is 0 Å². The summed E-state index contributed by atoms with van der Waals surface area (Å²) in [6.45, 7) is 9.54. The fourth-order valence-corrected chi connectivity index (χ4v) is 1.47. The van der Waals surface area contributed by atoms with Crippen molar-refractivity contribution in [2.75, 3.05) is 5.32 Å². The molecule has 1 atom stereocenters. The number of hydrogen-bond donors (Lipinski definition) is 1. The highest BCUT2D eigenvalue weighted by molar-refractivity contribution is 5.95. The number of rotatable bonds is 4. The summed E-state index contributed by atoms with van der Waals surface area (Å²) in [5.41, 5.74) is 0.703. The molecule has 0 saturated carbocycles. The number of carbonyl (C=O) groups is 1. The third-order valence-electron chi connectivity index (χ3n) is 3.27. The van der Waals surface area contributed by atoms with Crippen LogP contribution < -0.4 is 5.32 Å². The Morgan fingerprint density at radius 2 is 1.95 bits per heavy atom. The maximum absolute atomic E-state index is 11.3. The number of hydrogen-bond acceptors (Lipinski definition) is 4. The van der Waals surface area contributed by atoms with Gasteiger partial charge in [0.2, 0.25) is 0 Å². The maximum Gasteiger partial charge on any atom is 0.293 e. The molecule has 0 fully saturated rings. The Labute approximate surface area is 113 Å². The highest BCUT2D eigenvalue weighted by atomic mass is 16.6. The van der Waals surface area contributed by atoms with Gasteiger partial charge >= 0.3 is 0 Å². The summed E-state index contributed by atoms with van der Waals surface area (Å²) in [4.78, 5) is 21.9. The van der Waals surface area contributed by atoms with E-state index in [1.165, 1.54) is 13.0 Å². The summed E-state index contributed by atoms with van der Waals surface area (Å²) in [6, 6.07) is 4.58. The number of nitro benzene ring substituents is 1. The Balaban J connectivity index is 3.14. The molecule has 0 radical (unpaired) electrons. The molecular weight excluding hydrogens is 244 g/mol. The zero-order chi connectivity index (χ0) is 14.8. The van der Waals surface area contributed by atoms with Gasteiger partial charge in [-0.05, 0) is 31.4 Å². The molecule has 0 heterocycles. The molecule has 1 unspecified atom stereocenters. The minimum Gasteiger partial charge on any atom is -0.377 e. The van der Waals surface area contributed by atoms with Crippen LogP contribution in [0, 0.1) is 15.5 Å². The van der Waals surface area contributed by atoms with Crippen LogP contribution >= 0.6 is 0 Å². The van der Waals surface area contributed by atoms with E-state index in [0.717, 1.165) is 0 Å². The molecule has 0 amide bonds. The monoisotopic (exact) mass is 264 g/mol. The van der Waals surface area contributed by atoms with E-state index >= 15 is 0 Å². The van der Waals surface area contributed by atoms with Crippen molar-refractivity contribution in [2.45, 2.75) is 40.7 Å². The lowest BCUT2D eigenvalue weighted by Gasteiger charge is -2.28. The first-order valence-electron chi connectivity index (χ1n) is 6.19. The van der Waals surface area contributed by atoms with Gasteiger partial charge in [-0.2, -0.15) is 0 Å².